The summed E-state index contributed by atoms with van der Waals surface area (Å²) in [6.45, 7) is 0. The van der Waals surface area contributed by atoms with Gasteiger partial charge in [0.25, 0.3) is 0 Å². The molecule has 108 valence electrons. The van der Waals surface area contributed by atoms with Crippen LogP contribution in [0.2, 0.25) is 0 Å². The molecule has 5 nitrogen and oxygen atoms in total. The van der Waals surface area contributed by atoms with E-state index in [0.29, 0.717) is 21.0 Å². The molecular weight excluding hydrogens is 307 g/mol. The van der Waals surface area contributed by atoms with Crippen molar-refractivity contribution in [1.29, 1.82) is 0 Å². The number of hydrogen-bond acceptors (Lipinski definition) is 4. The molecule has 3 rings (SSSR count). The number of hydrogen-bond donors (Lipinski definition) is 1. The number of halogens is 3. The van der Waals surface area contributed by atoms with Crippen LogP contribution in [0.4, 0.5) is 13.2 Å². The van der Waals surface area contributed by atoms with Crippen molar-refractivity contribution in [3.8, 4) is 5.69 Å². The second kappa shape index (κ2) is 4.55. The van der Waals surface area contributed by atoms with E-state index in [1.165, 1.54) is 23.7 Å². The van der Waals surface area contributed by atoms with Crippen LogP contribution < -0.4 is 0 Å². The molecule has 9 heteroatoms. The van der Waals surface area contributed by atoms with Gasteiger partial charge in [0, 0.05) is 11.6 Å². The number of carbonyl (C=O) groups is 1. The van der Waals surface area contributed by atoms with E-state index in [4.69, 9.17) is 5.11 Å². The number of fused-ring (bicyclic) bond motifs is 1. The van der Waals surface area contributed by atoms with E-state index >= 15 is 0 Å². The summed E-state index contributed by atoms with van der Waals surface area (Å²) in [6, 6.07) is 1.64. The monoisotopic (exact) mass is 313 g/mol. The van der Waals surface area contributed by atoms with Crippen LogP contribution in [0, 0.1) is 0 Å². The number of aromatic nitrogens is 3. The maximum atomic E-state index is 13.2. The maximum absolute atomic E-state index is 13.2. The number of thiophene rings is 1. The molecule has 0 saturated carbocycles. The Kier molecular flexibility index (Phi) is 2.94. The summed E-state index contributed by atoms with van der Waals surface area (Å²) in [5.74, 6) is -1.68. The Morgan fingerprint density at radius 2 is 2.05 bits per heavy atom. The summed E-state index contributed by atoms with van der Waals surface area (Å²) >= 11 is 1.32. The molecule has 0 aliphatic carbocycles. The van der Waals surface area contributed by atoms with E-state index in [9.17, 15) is 18.0 Å². The summed E-state index contributed by atoms with van der Waals surface area (Å²) < 4.78 is 40.8. The second-order valence-corrected chi connectivity index (χ2v) is 5.06. The van der Waals surface area contributed by atoms with Gasteiger partial charge < -0.3 is 5.11 Å². The van der Waals surface area contributed by atoms with Gasteiger partial charge in [0.2, 0.25) is 0 Å². The van der Waals surface area contributed by atoms with Crippen LogP contribution in [0.15, 0.2) is 30.0 Å². The Balaban J connectivity index is 2.33. The molecule has 0 aliphatic heterocycles. The molecule has 0 aliphatic rings. The van der Waals surface area contributed by atoms with Gasteiger partial charge in [-0.05, 0) is 11.4 Å². The Morgan fingerprint density at radius 3 is 2.71 bits per heavy atom. The Hall–Kier alpha value is -2.42. The SMILES string of the molecule is O=C(O)c1cnn(-c2cncc3sccc23)c1C(F)(F)F. The molecule has 1 N–H and O–H groups in total. The first kappa shape index (κ1) is 13.6. The minimum Gasteiger partial charge on any atom is -0.478 e. The highest BCUT2D eigenvalue weighted by atomic mass is 32.1. The third kappa shape index (κ3) is 2.15. The molecule has 0 fully saturated rings. The average Bonchev–Trinajstić information content (AvgIpc) is 3.04. The van der Waals surface area contributed by atoms with E-state index in [1.807, 2.05) is 0 Å². The van der Waals surface area contributed by atoms with E-state index in [-0.39, 0.29) is 5.69 Å². The quantitative estimate of drug-likeness (QED) is 0.789. The second-order valence-electron chi connectivity index (χ2n) is 4.11. The van der Waals surface area contributed by atoms with Crippen molar-refractivity contribution in [3.63, 3.8) is 0 Å². The predicted octanol–water partition coefficient (Wildman–Crippen LogP) is 3.20. The number of rotatable bonds is 2. The number of nitrogens with zero attached hydrogens (tertiary/aromatic N) is 3. The molecule has 0 radical (unpaired) electrons. The summed E-state index contributed by atoms with van der Waals surface area (Å²) in [6.07, 6.45) is -1.40. The normalized spacial score (nSPS) is 12.0. The first-order valence-corrected chi connectivity index (χ1v) is 6.47. The van der Waals surface area contributed by atoms with Gasteiger partial charge in [-0.15, -0.1) is 11.3 Å². The van der Waals surface area contributed by atoms with Crippen molar-refractivity contribution >= 4 is 27.4 Å². The third-order valence-corrected chi connectivity index (χ3v) is 3.71. The van der Waals surface area contributed by atoms with E-state index in [2.05, 4.69) is 10.1 Å². The van der Waals surface area contributed by atoms with E-state index in [1.54, 1.807) is 11.4 Å². The standard InChI is InChI=1S/C12H6F3N3O2S/c13-12(14,15)10-7(11(19)20)3-17-18(10)8-4-16-5-9-6(8)1-2-21-9/h1-5H,(H,19,20). The van der Waals surface area contributed by atoms with Gasteiger partial charge in [-0.1, -0.05) is 0 Å². The summed E-state index contributed by atoms with van der Waals surface area (Å²) in [5.41, 5.74) is -2.13. The predicted molar refractivity (Wildman–Crippen MR) is 68.7 cm³/mol. The zero-order valence-electron chi connectivity index (χ0n) is 10.1. The van der Waals surface area contributed by atoms with Crippen LogP contribution in [-0.2, 0) is 6.18 Å². The fourth-order valence-corrected chi connectivity index (χ4v) is 2.78. The molecule has 3 aromatic heterocycles. The minimum atomic E-state index is -4.84. The van der Waals surface area contributed by atoms with Gasteiger partial charge in [0.05, 0.1) is 22.8 Å². The van der Waals surface area contributed by atoms with E-state index in [0.717, 1.165) is 0 Å². The van der Waals surface area contributed by atoms with Crippen molar-refractivity contribution in [2.24, 2.45) is 0 Å². The van der Waals surface area contributed by atoms with Crippen molar-refractivity contribution in [1.82, 2.24) is 14.8 Å². The smallest absolute Gasteiger partial charge is 0.434 e. The van der Waals surface area contributed by atoms with E-state index < -0.39 is 23.4 Å². The molecule has 0 atom stereocenters. The van der Waals surface area contributed by atoms with Gasteiger partial charge in [-0.3, -0.25) is 4.98 Å². The molecule has 3 aromatic rings. The Morgan fingerprint density at radius 1 is 1.29 bits per heavy atom. The highest BCUT2D eigenvalue weighted by Crippen LogP contribution is 2.35. The summed E-state index contributed by atoms with van der Waals surface area (Å²) in [7, 11) is 0. The van der Waals surface area contributed by atoms with Crippen molar-refractivity contribution in [3.05, 3.63) is 41.3 Å². The summed E-state index contributed by atoms with van der Waals surface area (Å²) in [5, 5.41) is 14.7. The van der Waals surface area contributed by atoms with Gasteiger partial charge in [-0.2, -0.15) is 18.3 Å². The topological polar surface area (TPSA) is 68.0 Å². The lowest BCUT2D eigenvalue weighted by molar-refractivity contribution is -0.143. The van der Waals surface area contributed by atoms with Crippen LogP contribution in [0.5, 0.6) is 0 Å². The number of carboxylic acid groups (broad SMARTS) is 1. The van der Waals surface area contributed by atoms with Gasteiger partial charge in [0.15, 0.2) is 5.69 Å². The average molecular weight is 313 g/mol. The van der Waals surface area contributed by atoms with Gasteiger partial charge in [-0.25, -0.2) is 9.48 Å². The number of aromatic carboxylic acids is 1. The van der Waals surface area contributed by atoms with Crippen LogP contribution in [0.1, 0.15) is 16.1 Å². The highest BCUT2D eigenvalue weighted by molar-refractivity contribution is 7.17. The number of pyridine rings is 1. The number of carboxylic acids is 1. The molecule has 3 heterocycles. The summed E-state index contributed by atoms with van der Waals surface area (Å²) in [4.78, 5) is 14.8. The molecule has 0 bridgehead atoms. The molecule has 0 spiro atoms. The Bertz CT molecular complexity index is 838. The first-order valence-electron chi connectivity index (χ1n) is 5.59. The zero-order valence-corrected chi connectivity index (χ0v) is 10.9. The van der Waals surface area contributed by atoms with Crippen LogP contribution in [0.25, 0.3) is 15.8 Å². The van der Waals surface area contributed by atoms with Gasteiger partial charge in [0.1, 0.15) is 5.56 Å². The van der Waals surface area contributed by atoms with Crippen LogP contribution >= 0.6 is 11.3 Å². The van der Waals surface area contributed by atoms with Crippen molar-refractivity contribution in [2.45, 2.75) is 6.18 Å². The third-order valence-electron chi connectivity index (χ3n) is 2.86. The first-order chi connectivity index (χ1) is 9.89. The molecule has 21 heavy (non-hydrogen) atoms. The fraction of sp³-hybridized carbons (Fsp3) is 0.0833. The molecule has 0 aromatic carbocycles. The Labute approximate surface area is 119 Å². The minimum absolute atomic E-state index is 0.0913. The lowest BCUT2D eigenvalue weighted by Crippen LogP contribution is -2.17. The lowest BCUT2D eigenvalue weighted by Gasteiger charge is -2.12. The largest absolute Gasteiger partial charge is 0.478 e. The molecule has 0 saturated heterocycles. The molecular formula is C12H6F3N3O2S. The van der Waals surface area contributed by atoms with Crippen LogP contribution in [0.3, 0.4) is 0 Å². The zero-order chi connectivity index (χ0) is 15.2. The fourth-order valence-electron chi connectivity index (χ4n) is 2.01. The highest BCUT2D eigenvalue weighted by Gasteiger charge is 2.40. The van der Waals surface area contributed by atoms with Crippen molar-refractivity contribution < 1.29 is 23.1 Å². The van der Waals surface area contributed by atoms with Crippen molar-refractivity contribution in [2.75, 3.05) is 0 Å². The molecule has 0 amide bonds. The van der Waals surface area contributed by atoms with Gasteiger partial charge >= 0.3 is 12.1 Å². The van der Waals surface area contributed by atoms with Crippen LogP contribution in [-0.4, -0.2) is 25.8 Å². The molecule has 0 unspecified atom stereocenters. The maximum Gasteiger partial charge on any atom is 0.434 e. The lowest BCUT2D eigenvalue weighted by atomic mass is 10.2. The number of alkyl halides is 3.